The van der Waals surface area contributed by atoms with E-state index in [9.17, 15) is 4.79 Å². The van der Waals surface area contributed by atoms with Crippen LogP contribution in [-0.4, -0.2) is 48.2 Å². The monoisotopic (exact) mass is 336 g/mol. The largest absolute Gasteiger partial charge is 0.373 e. The van der Waals surface area contributed by atoms with Crippen LogP contribution in [0.4, 0.5) is 0 Å². The van der Waals surface area contributed by atoms with Crippen LogP contribution in [0, 0.1) is 6.92 Å². The predicted molar refractivity (Wildman–Crippen MR) is 96.8 cm³/mol. The third-order valence-corrected chi connectivity index (χ3v) is 5.10. The number of hydrogen-bond donors (Lipinski definition) is 1. The van der Waals surface area contributed by atoms with Crippen LogP contribution in [0.5, 0.6) is 0 Å². The second-order valence-corrected chi connectivity index (χ2v) is 8.29. The number of amides is 1. The summed E-state index contributed by atoms with van der Waals surface area (Å²) in [6.07, 6.45) is 3.96. The number of nitrogens with one attached hydrogen (secondary N) is 1. The molecule has 1 aromatic heterocycles. The van der Waals surface area contributed by atoms with Crippen LogP contribution in [-0.2, 0) is 9.53 Å². The first kappa shape index (κ1) is 18.2. The van der Waals surface area contributed by atoms with Crippen molar-refractivity contribution < 1.29 is 9.53 Å². The van der Waals surface area contributed by atoms with Crippen LogP contribution < -0.4 is 5.32 Å². The average molecular weight is 337 g/mol. The van der Waals surface area contributed by atoms with Crippen molar-refractivity contribution in [3.05, 3.63) is 28.0 Å². The van der Waals surface area contributed by atoms with E-state index in [1.165, 1.54) is 4.88 Å². The lowest BCUT2D eigenvalue weighted by Gasteiger charge is -2.45. The fourth-order valence-corrected chi connectivity index (χ4v) is 3.63. The first-order valence-electron chi connectivity index (χ1n) is 8.19. The summed E-state index contributed by atoms with van der Waals surface area (Å²) in [5, 5.41) is 3.02. The minimum atomic E-state index is -0.0880. The van der Waals surface area contributed by atoms with E-state index in [4.69, 9.17) is 4.74 Å². The molecule has 1 saturated heterocycles. The molecule has 0 aromatic carbocycles. The summed E-state index contributed by atoms with van der Waals surface area (Å²) < 4.78 is 5.79. The van der Waals surface area contributed by atoms with E-state index in [2.05, 4.69) is 50.9 Å². The summed E-state index contributed by atoms with van der Waals surface area (Å²) in [5.41, 5.74) is -0.0880. The minimum Gasteiger partial charge on any atom is -0.373 e. The Hall–Kier alpha value is -1.17. The van der Waals surface area contributed by atoms with E-state index in [-0.39, 0.29) is 23.7 Å². The first-order chi connectivity index (χ1) is 10.8. The number of rotatable bonds is 5. The third-order valence-electron chi connectivity index (χ3n) is 4.13. The Balaban J connectivity index is 1.85. The van der Waals surface area contributed by atoms with Crippen molar-refractivity contribution in [2.24, 2.45) is 0 Å². The second kappa shape index (κ2) is 7.60. The summed E-state index contributed by atoms with van der Waals surface area (Å²) in [7, 11) is 0. The molecule has 0 unspecified atom stereocenters. The van der Waals surface area contributed by atoms with Gasteiger partial charge in [-0.1, -0.05) is 0 Å². The first-order valence-corrected chi connectivity index (χ1v) is 9.01. The van der Waals surface area contributed by atoms with E-state index >= 15 is 0 Å². The summed E-state index contributed by atoms with van der Waals surface area (Å²) in [6.45, 7) is 13.0. The molecule has 1 fully saturated rings. The lowest BCUT2D eigenvalue weighted by atomic mass is 10.00. The molecule has 128 valence electrons. The summed E-state index contributed by atoms with van der Waals surface area (Å²) >= 11 is 1.69. The molecule has 5 heteroatoms. The maximum atomic E-state index is 12.0. The van der Waals surface area contributed by atoms with Crippen LogP contribution in [0.15, 0.2) is 18.2 Å². The quantitative estimate of drug-likeness (QED) is 0.840. The third kappa shape index (κ3) is 5.44. The van der Waals surface area contributed by atoms with E-state index in [0.29, 0.717) is 6.54 Å². The van der Waals surface area contributed by atoms with Crippen LogP contribution >= 0.6 is 11.3 Å². The van der Waals surface area contributed by atoms with Gasteiger partial charge in [-0.2, -0.15) is 0 Å². The SMILES string of the molecule is Cc1ccc(/C=C/C(=O)NCC(C)(C)N2C[C@@H](C)O[C@@H](C)C2)s1. The summed E-state index contributed by atoms with van der Waals surface area (Å²) in [5.74, 6) is -0.0431. The highest BCUT2D eigenvalue weighted by molar-refractivity contribution is 7.12. The molecule has 1 aliphatic heterocycles. The molecule has 1 amide bonds. The number of nitrogens with zero attached hydrogens (tertiary/aromatic N) is 1. The Bertz CT molecular complexity index is 555. The van der Waals surface area contributed by atoms with Crippen LogP contribution in [0.2, 0.25) is 0 Å². The molecule has 2 atom stereocenters. The normalized spacial score (nSPS) is 23.3. The molecule has 4 nitrogen and oxygen atoms in total. The Labute approximate surface area is 143 Å². The highest BCUT2D eigenvalue weighted by Gasteiger charge is 2.33. The Morgan fingerprint density at radius 2 is 2.04 bits per heavy atom. The van der Waals surface area contributed by atoms with Crippen molar-refractivity contribution in [3.63, 3.8) is 0 Å². The van der Waals surface area contributed by atoms with Crippen LogP contribution in [0.25, 0.3) is 6.08 Å². The Morgan fingerprint density at radius 3 is 2.61 bits per heavy atom. The highest BCUT2D eigenvalue weighted by atomic mass is 32.1. The predicted octanol–water partition coefficient (Wildman–Crippen LogP) is 3.07. The van der Waals surface area contributed by atoms with Crippen molar-refractivity contribution >= 4 is 23.3 Å². The van der Waals surface area contributed by atoms with Gasteiger partial charge in [0.05, 0.1) is 12.2 Å². The fourth-order valence-electron chi connectivity index (χ4n) is 2.85. The Kier molecular flexibility index (Phi) is 6.00. The number of ether oxygens (including phenoxy) is 1. The molecule has 1 aromatic rings. The smallest absolute Gasteiger partial charge is 0.244 e. The van der Waals surface area contributed by atoms with E-state index < -0.39 is 0 Å². The molecule has 0 saturated carbocycles. The zero-order valence-corrected chi connectivity index (χ0v) is 15.6. The molecule has 1 aliphatic rings. The van der Waals surface area contributed by atoms with Crippen molar-refractivity contribution in [2.45, 2.75) is 52.4 Å². The van der Waals surface area contributed by atoms with Gasteiger partial charge in [0.15, 0.2) is 0 Å². The molecule has 0 bridgehead atoms. The van der Waals surface area contributed by atoms with Crippen LogP contribution in [0.1, 0.15) is 37.4 Å². The molecule has 2 heterocycles. The molecule has 0 spiro atoms. The van der Waals surface area contributed by atoms with Crippen molar-refractivity contribution in [2.75, 3.05) is 19.6 Å². The maximum Gasteiger partial charge on any atom is 0.244 e. The van der Waals surface area contributed by atoms with Gasteiger partial charge in [-0.05, 0) is 52.8 Å². The molecule has 0 aliphatic carbocycles. The van der Waals surface area contributed by atoms with Gasteiger partial charge in [-0.3, -0.25) is 9.69 Å². The summed E-state index contributed by atoms with van der Waals surface area (Å²) in [6, 6.07) is 4.09. The van der Waals surface area contributed by atoms with Gasteiger partial charge in [0.25, 0.3) is 0 Å². The lowest BCUT2D eigenvalue weighted by Crippen LogP contribution is -2.58. The molecule has 2 rings (SSSR count). The molecule has 23 heavy (non-hydrogen) atoms. The van der Waals surface area contributed by atoms with Crippen molar-refractivity contribution in [1.82, 2.24) is 10.2 Å². The number of hydrogen-bond acceptors (Lipinski definition) is 4. The standard InChI is InChI=1S/C18H28N2O2S/c1-13-10-20(11-14(2)22-13)18(4,5)12-19-17(21)9-8-16-7-6-15(3)23-16/h6-9,13-14H,10-12H2,1-5H3,(H,19,21)/b9-8+/t13-,14+. The van der Waals surface area contributed by atoms with Gasteiger partial charge in [0.1, 0.15) is 0 Å². The molecular weight excluding hydrogens is 308 g/mol. The molecular formula is C18H28N2O2S. The minimum absolute atomic E-state index is 0.0431. The van der Waals surface area contributed by atoms with E-state index in [1.54, 1.807) is 17.4 Å². The summed E-state index contributed by atoms with van der Waals surface area (Å²) in [4.78, 5) is 16.8. The van der Waals surface area contributed by atoms with Crippen molar-refractivity contribution in [3.8, 4) is 0 Å². The number of aryl methyl sites for hydroxylation is 1. The average Bonchev–Trinajstić information content (AvgIpc) is 2.88. The fraction of sp³-hybridized carbons (Fsp3) is 0.611. The number of morpholine rings is 1. The number of carbonyl (C=O) groups excluding carboxylic acids is 1. The van der Waals surface area contributed by atoms with Gasteiger partial charge in [0, 0.05) is 41.0 Å². The van der Waals surface area contributed by atoms with Crippen molar-refractivity contribution in [1.29, 1.82) is 0 Å². The zero-order valence-electron chi connectivity index (χ0n) is 14.8. The van der Waals surface area contributed by atoms with E-state index in [1.807, 2.05) is 12.1 Å². The molecule has 1 N–H and O–H groups in total. The maximum absolute atomic E-state index is 12.0. The highest BCUT2D eigenvalue weighted by Crippen LogP contribution is 2.20. The van der Waals surface area contributed by atoms with Gasteiger partial charge in [-0.25, -0.2) is 0 Å². The van der Waals surface area contributed by atoms with Gasteiger partial charge >= 0.3 is 0 Å². The number of carbonyl (C=O) groups is 1. The molecule has 0 radical (unpaired) electrons. The zero-order chi connectivity index (χ0) is 17.0. The topological polar surface area (TPSA) is 41.6 Å². The van der Waals surface area contributed by atoms with Gasteiger partial charge in [-0.15, -0.1) is 11.3 Å². The van der Waals surface area contributed by atoms with E-state index in [0.717, 1.165) is 18.0 Å². The van der Waals surface area contributed by atoms with Gasteiger partial charge in [0.2, 0.25) is 5.91 Å². The lowest BCUT2D eigenvalue weighted by molar-refractivity contribution is -0.118. The van der Waals surface area contributed by atoms with Crippen LogP contribution in [0.3, 0.4) is 0 Å². The number of thiophene rings is 1. The second-order valence-electron chi connectivity index (χ2n) is 6.97. The van der Waals surface area contributed by atoms with Gasteiger partial charge < -0.3 is 10.1 Å². The Morgan fingerprint density at radius 1 is 1.39 bits per heavy atom.